The molecule has 0 unspecified atom stereocenters. The molecule has 1 saturated carbocycles. The molecule has 3 atom stereocenters. The van der Waals surface area contributed by atoms with E-state index in [0.717, 1.165) is 6.42 Å². The Morgan fingerprint density at radius 1 is 1.57 bits per heavy atom. The van der Waals surface area contributed by atoms with E-state index in [9.17, 15) is 4.79 Å². The first-order valence-corrected chi connectivity index (χ1v) is 5.28. The minimum atomic E-state index is -0.143. The summed E-state index contributed by atoms with van der Waals surface area (Å²) in [5.41, 5.74) is 1.71. The molecule has 2 bridgehead atoms. The van der Waals surface area contributed by atoms with Crippen LogP contribution in [-0.4, -0.2) is 12.1 Å². The number of allylic oxidation sites excluding steroid dienone is 1. The molecule has 2 nitrogen and oxygen atoms in total. The molecule has 0 spiro atoms. The summed E-state index contributed by atoms with van der Waals surface area (Å²) >= 11 is 0. The number of carbonyl (C=O) groups excluding carboxylic acids is 1. The summed E-state index contributed by atoms with van der Waals surface area (Å²) in [5, 5.41) is 0. The van der Waals surface area contributed by atoms with Crippen LogP contribution in [0.3, 0.4) is 0 Å². The number of rotatable bonds is 1. The molecule has 1 fully saturated rings. The van der Waals surface area contributed by atoms with E-state index in [1.54, 1.807) is 0 Å². The fraction of sp³-hybridized carbons (Fsp3) is 0.750. The molecule has 0 saturated heterocycles. The predicted octanol–water partition coefficient (Wildman–Crippen LogP) is 2.54. The highest BCUT2D eigenvalue weighted by Gasteiger charge is 2.59. The van der Waals surface area contributed by atoms with Gasteiger partial charge in [-0.1, -0.05) is 25.5 Å². The molecule has 3 aliphatic rings. The van der Waals surface area contributed by atoms with Crippen molar-refractivity contribution in [2.75, 3.05) is 0 Å². The number of hydrogen-bond acceptors (Lipinski definition) is 2. The second-order valence-corrected chi connectivity index (χ2v) is 5.16. The van der Waals surface area contributed by atoms with Crippen LogP contribution in [0.5, 0.6) is 0 Å². The average Bonchev–Trinajstić information content (AvgIpc) is 2.01. The molecular formula is C12H18O2. The lowest BCUT2D eigenvalue weighted by atomic mass is 9.47. The number of fused-ring (bicyclic) bond motifs is 1. The lowest BCUT2D eigenvalue weighted by molar-refractivity contribution is -0.190. The molecule has 0 amide bonds. The first-order valence-electron chi connectivity index (χ1n) is 5.28. The zero-order chi connectivity index (χ0) is 10.5. The Morgan fingerprint density at radius 2 is 2.21 bits per heavy atom. The second kappa shape index (κ2) is 2.85. The van der Waals surface area contributed by atoms with Gasteiger partial charge in [0.15, 0.2) is 0 Å². The molecule has 0 N–H and O–H groups in total. The highest BCUT2D eigenvalue weighted by atomic mass is 16.5. The Hall–Kier alpha value is -0.790. The zero-order valence-corrected chi connectivity index (χ0v) is 9.33. The quantitative estimate of drug-likeness (QED) is 0.473. The van der Waals surface area contributed by atoms with Crippen molar-refractivity contribution in [3.8, 4) is 0 Å². The summed E-state index contributed by atoms with van der Waals surface area (Å²) in [6.07, 6.45) is 3.50. The fourth-order valence-corrected chi connectivity index (χ4v) is 3.26. The topological polar surface area (TPSA) is 26.3 Å². The third-order valence-electron chi connectivity index (χ3n) is 3.97. The molecule has 2 heteroatoms. The Balaban J connectivity index is 2.20. The largest absolute Gasteiger partial charge is 0.462 e. The van der Waals surface area contributed by atoms with E-state index >= 15 is 0 Å². The van der Waals surface area contributed by atoms with Gasteiger partial charge in [-0.25, -0.2) is 0 Å². The predicted molar refractivity (Wildman–Crippen MR) is 54.7 cm³/mol. The van der Waals surface area contributed by atoms with Crippen molar-refractivity contribution in [3.05, 3.63) is 11.6 Å². The maximum Gasteiger partial charge on any atom is 0.302 e. The van der Waals surface area contributed by atoms with Crippen molar-refractivity contribution < 1.29 is 9.53 Å². The maximum atomic E-state index is 11.0. The van der Waals surface area contributed by atoms with Gasteiger partial charge in [0.05, 0.1) is 0 Å². The van der Waals surface area contributed by atoms with Crippen molar-refractivity contribution in [1.29, 1.82) is 0 Å². The van der Waals surface area contributed by atoms with Gasteiger partial charge >= 0.3 is 5.97 Å². The van der Waals surface area contributed by atoms with Crippen molar-refractivity contribution in [1.82, 2.24) is 0 Å². The fourth-order valence-electron chi connectivity index (χ4n) is 3.26. The molecule has 0 aromatic heterocycles. The molecule has 0 aromatic rings. The van der Waals surface area contributed by atoms with Crippen LogP contribution >= 0.6 is 0 Å². The lowest BCUT2D eigenvalue weighted by Crippen LogP contribution is -2.61. The van der Waals surface area contributed by atoms with Crippen LogP contribution in [0.2, 0.25) is 0 Å². The van der Waals surface area contributed by atoms with Crippen LogP contribution in [-0.2, 0) is 9.53 Å². The van der Waals surface area contributed by atoms with Crippen LogP contribution in [0, 0.1) is 17.3 Å². The molecule has 14 heavy (non-hydrogen) atoms. The number of ether oxygens (including phenoxy) is 1. The van der Waals surface area contributed by atoms with E-state index in [2.05, 4.69) is 26.8 Å². The Kier molecular flexibility index (Phi) is 1.98. The van der Waals surface area contributed by atoms with Gasteiger partial charge in [-0.2, -0.15) is 0 Å². The van der Waals surface area contributed by atoms with Crippen LogP contribution < -0.4 is 0 Å². The summed E-state index contributed by atoms with van der Waals surface area (Å²) in [4.78, 5) is 11.0. The van der Waals surface area contributed by atoms with Crippen molar-refractivity contribution in [2.45, 2.75) is 40.2 Å². The van der Waals surface area contributed by atoms with Gasteiger partial charge in [-0.05, 0) is 18.8 Å². The van der Waals surface area contributed by atoms with E-state index in [1.807, 2.05) is 0 Å². The summed E-state index contributed by atoms with van der Waals surface area (Å²) in [6, 6.07) is 0. The molecule has 0 aliphatic heterocycles. The first kappa shape index (κ1) is 9.75. The van der Waals surface area contributed by atoms with Crippen LogP contribution in [0.25, 0.3) is 0 Å². The molecule has 0 heterocycles. The number of hydrogen-bond donors (Lipinski definition) is 0. The van der Waals surface area contributed by atoms with Crippen molar-refractivity contribution in [2.24, 2.45) is 17.3 Å². The Labute approximate surface area is 85.3 Å². The van der Waals surface area contributed by atoms with Gasteiger partial charge in [-0.15, -0.1) is 0 Å². The summed E-state index contributed by atoms with van der Waals surface area (Å²) in [5.74, 6) is 0.834. The van der Waals surface area contributed by atoms with Crippen LogP contribution in [0.15, 0.2) is 11.6 Å². The molecule has 0 radical (unpaired) electrons. The van der Waals surface area contributed by atoms with Gasteiger partial charge in [0.2, 0.25) is 0 Å². The minimum absolute atomic E-state index is 0.143. The van der Waals surface area contributed by atoms with Gasteiger partial charge in [0, 0.05) is 18.8 Å². The maximum absolute atomic E-state index is 11.0. The normalized spacial score (nSPS) is 38.3. The summed E-state index contributed by atoms with van der Waals surface area (Å²) in [6.45, 7) is 8.20. The van der Waals surface area contributed by atoms with Gasteiger partial charge in [0.25, 0.3) is 0 Å². The molecular weight excluding hydrogens is 176 g/mol. The SMILES string of the molecule is CC(=O)O[C@@H]1[C@H]2CC=C(C)[C@@H]1C2(C)C. The van der Waals surface area contributed by atoms with E-state index in [4.69, 9.17) is 4.74 Å². The van der Waals surface area contributed by atoms with E-state index < -0.39 is 0 Å². The Bertz CT molecular complexity index is 301. The smallest absolute Gasteiger partial charge is 0.302 e. The van der Waals surface area contributed by atoms with Gasteiger partial charge in [-0.3, -0.25) is 4.79 Å². The van der Waals surface area contributed by atoms with Crippen molar-refractivity contribution in [3.63, 3.8) is 0 Å². The van der Waals surface area contributed by atoms with Gasteiger partial charge in [0.1, 0.15) is 6.10 Å². The average molecular weight is 194 g/mol. The van der Waals surface area contributed by atoms with E-state index in [-0.39, 0.29) is 12.1 Å². The third-order valence-corrected chi connectivity index (χ3v) is 3.97. The number of carbonyl (C=O) groups is 1. The summed E-state index contributed by atoms with van der Waals surface area (Å²) in [7, 11) is 0. The van der Waals surface area contributed by atoms with E-state index in [1.165, 1.54) is 12.5 Å². The summed E-state index contributed by atoms with van der Waals surface area (Å²) < 4.78 is 5.38. The van der Waals surface area contributed by atoms with Crippen LogP contribution in [0.1, 0.15) is 34.1 Å². The minimum Gasteiger partial charge on any atom is -0.462 e. The van der Waals surface area contributed by atoms with Crippen molar-refractivity contribution >= 4 is 5.97 Å². The highest BCUT2D eigenvalue weighted by molar-refractivity contribution is 5.66. The molecule has 3 rings (SSSR count). The van der Waals surface area contributed by atoms with E-state index in [0.29, 0.717) is 17.3 Å². The highest BCUT2D eigenvalue weighted by Crippen LogP contribution is 2.60. The molecule has 78 valence electrons. The van der Waals surface area contributed by atoms with Gasteiger partial charge < -0.3 is 4.74 Å². The third kappa shape index (κ3) is 1.13. The second-order valence-electron chi connectivity index (χ2n) is 5.16. The van der Waals surface area contributed by atoms with Crippen LogP contribution in [0.4, 0.5) is 0 Å². The standard InChI is InChI=1S/C12H18O2/c1-7-5-6-9-11(14-8(2)13)10(7)12(9,3)4/h5,9-11H,6H2,1-4H3/t9-,10+,11-/m1/s1. The number of esters is 1. The Morgan fingerprint density at radius 3 is 2.64 bits per heavy atom. The molecule has 3 aliphatic carbocycles. The first-order chi connectivity index (χ1) is 6.44. The molecule has 0 aromatic carbocycles. The zero-order valence-electron chi connectivity index (χ0n) is 9.33. The monoisotopic (exact) mass is 194 g/mol. The lowest BCUT2D eigenvalue weighted by Gasteiger charge is -2.60.